The average molecular weight is 448 g/mol. The largest absolute Gasteiger partial charge is 0.491 e. The van der Waals surface area contributed by atoms with Gasteiger partial charge in [0, 0.05) is 17.7 Å². The molecule has 4 aromatic rings. The van der Waals surface area contributed by atoms with Crippen molar-refractivity contribution in [1.82, 2.24) is 4.98 Å². The van der Waals surface area contributed by atoms with Crippen LogP contribution >= 0.6 is 0 Å². The van der Waals surface area contributed by atoms with Gasteiger partial charge >= 0.3 is 0 Å². The number of nitro groups is 1. The van der Waals surface area contributed by atoms with Crippen LogP contribution in [0.3, 0.4) is 0 Å². The number of oxazole rings is 1. The second-order valence-electron chi connectivity index (χ2n) is 7.91. The Morgan fingerprint density at radius 2 is 1.67 bits per heavy atom. The van der Waals surface area contributed by atoms with Gasteiger partial charge in [-0.1, -0.05) is 50.8 Å². The minimum atomic E-state index is -0.467. The molecule has 0 saturated heterocycles. The number of ether oxygens (including phenoxy) is 1. The van der Waals surface area contributed by atoms with Crippen LogP contribution in [0.2, 0.25) is 0 Å². The van der Waals surface area contributed by atoms with Crippen molar-refractivity contribution >= 4 is 16.8 Å². The summed E-state index contributed by atoms with van der Waals surface area (Å²) in [7, 11) is 0. The quantitative estimate of drug-likeness (QED) is 0.142. The van der Waals surface area contributed by atoms with E-state index in [2.05, 4.69) is 11.9 Å². The molecule has 7 heteroatoms. The number of halogens is 1. The van der Waals surface area contributed by atoms with Crippen molar-refractivity contribution in [2.75, 3.05) is 6.61 Å². The molecule has 0 saturated carbocycles. The number of rotatable bonds is 10. The summed E-state index contributed by atoms with van der Waals surface area (Å²) >= 11 is 0. The smallest absolute Gasteiger partial charge is 0.271 e. The van der Waals surface area contributed by atoms with E-state index in [1.807, 2.05) is 30.3 Å². The van der Waals surface area contributed by atoms with Crippen LogP contribution in [0.15, 0.2) is 65.1 Å². The minimum absolute atomic E-state index is 0.0383. The van der Waals surface area contributed by atoms with Crippen LogP contribution < -0.4 is 4.74 Å². The summed E-state index contributed by atoms with van der Waals surface area (Å²) in [6, 6.07) is 16.6. The highest BCUT2D eigenvalue weighted by atomic mass is 19.1. The predicted molar refractivity (Wildman–Crippen MR) is 126 cm³/mol. The summed E-state index contributed by atoms with van der Waals surface area (Å²) in [4.78, 5) is 14.8. The summed E-state index contributed by atoms with van der Waals surface area (Å²) in [6.07, 6.45) is 5.61. The normalized spacial score (nSPS) is 11.1. The molecule has 0 aliphatic carbocycles. The first kappa shape index (κ1) is 22.5. The van der Waals surface area contributed by atoms with Gasteiger partial charge in [0.05, 0.1) is 11.5 Å². The van der Waals surface area contributed by atoms with E-state index in [4.69, 9.17) is 9.15 Å². The van der Waals surface area contributed by atoms with E-state index in [9.17, 15) is 14.5 Å². The minimum Gasteiger partial charge on any atom is -0.491 e. The maximum Gasteiger partial charge on any atom is 0.271 e. The Kier molecular flexibility index (Phi) is 6.98. The number of fused-ring (bicyclic) bond motifs is 1. The predicted octanol–water partition coefficient (Wildman–Crippen LogP) is 7.56. The monoisotopic (exact) mass is 448 g/mol. The van der Waals surface area contributed by atoms with Crippen molar-refractivity contribution in [3.05, 3.63) is 76.6 Å². The number of hydrogen-bond acceptors (Lipinski definition) is 5. The molecule has 1 heterocycles. The van der Waals surface area contributed by atoms with E-state index >= 15 is 0 Å². The molecular formula is C26H25FN2O4. The highest BCUT2D eigenvalue weighted by Gasteiger charge is 2.13. The zero-order valence-corrected chi connectivity index (χ0v) is 18.4. The molecule has 0 aliphatic heterocycles. The van der Waals surface area contributed by atoms with Crippen LogP contribution in [-0.2, 0) is 0 Å². The summed E-state index contributed by atoms with van der Waals surface area (Å²) in [5.74, 6) is 0.253. The Balaban J connectivity index is 1.44. The molecule has 170 valence electrons. The molecular weight excluding hydrogens is 423 g/mol. The fraction of sp³-hybridized carbons (Fsp3) is 0.269. The van der Waals surface area contributed by atoms with Gasteiger partial charge in [0.25, 0.3) is 5.69 Å². The van der Waals surface area contributed by atoms with Gasteiger partial charge in [-0.2, -0.15) is 0 Å². The number of benzene rings is 3. The second-order valence-corrected chi connectivity index (χ2v) is 7.91. The lowest BCUT2D eigenvalue weighted by atomic mass is 10.0. The molecule has 0 unspecified atom stereocenters. The number of unbranched alkanes of at least 4 members (excludes halogenated alkanes) is 4. The van der Waals surface area contributed by atoms with Crippen molar-refractivity contribution in [3.8, 4) is 28.3 Å². The van der Waals surface area contributed by atoms with Gasteiger partial charge in [-0.3, -0.25) is 10.1 Å². The lowest BCUT2D eigenvalue weighted by Gasteiger charge is -2.09. The fourth-order valence-corrected chi connectivity index (χ4v) is 3.64. The van der Waals surface area contributed by atoms with Gasteiger partial charge in [-0.05, 0) is 47.9 Å². The zero-order valence-electron chi connectivity index (χ0n) is 18.4. The third-order valence-electron chi connectivity index (χ3n) is 5.48. The van der Waals surface area contributed by atoms with Crippen LogP contribution in [0.4, 0.5) is 10.1 Å². The van der Waals surface area contributed by atoms with E-state index in [0.29, 0.717) is 23.6 Å². The standard InChI is InChI=1S/C26H25FN2O4/c1-2-3-4-5-6-15-32-24-13-11-20(16-22(24)27)18-7-9-19(10-8-18)26-28-23-17-21(29(30)31)12-14-25(23)33-26/h7-14,16-17H,2-6,15H2,1H3. The molecule has 0 atom stereocenters. The van der Waals surface area contributed by atoms with E-state index in [0.717, 1.165) is 29.5 Å². The van der Waals surface area contributed by atoms with E-state index in [1.54, 1.807) is 6.07 Å². The number of nitro benzene ring substituents is 1. The Labute approximate surface area is 191 Å². The molecule has 3 aromatic carbocycles. The van der Waals surface area contributed by atoms with Gasteiger partial charge in [0.15, 0.2) is 17.1 Å². The molecule has 0 spiro atoms. The summed E-state index contributed by atoms with van der Waals surface area (Å²) in [6.45, 7) is 2.69. The lowest BCUT2D eigenvalue weighted by molar-refractivity contribution is -0.384. The van der Waals surface area contributed by atoms with Crippen molar-refractivity contribution in [2.45, 2.75) is 39.0 Å². The van der Waals surface area contributed by atoms with Gasteiger partial charge < -0.3 is 9.15 Å². The van der Waals surface area contributed by atoms with Gasteiger partial charge in [-0.15, -0.1) is 0 Å². The van der Waals surface area contributed by atoms with Gasteiger partial charge in [0.1, 0.15) is 5.52 Å². The molecule has 0 fully saturated rings. The Morgan fingerprint density at radius 3 is 2.39 bits per heavy atom. The van der Waals surface area contributed by atoms with Crippen molar-refractivity contribution in [1.29, 1.82) is 0 Å². The van der Waals surface area contributed by atoms with E-state index < -0.39 is 4.92 Å². The number of non-ortho nitro benzene ring substituents is 1. The fourth-order valence-electron chi connectivity index (χ4n) is 3.64. The van der Waals surface area contributed by atoms with Crippen LogP contribution in [0, 0.1) is 15.9 Å². The maximum atomic E-state index is 14.5. The molecule has 0 bridgehead atoms. The molecule has 6 nitrogen and oxygen atoms in total. The third kappa shape index (κ3) is 5.37. The second kappa shape index (κ2) is 10.3. The third-order valence-corrected chi connectivity index (χ3v) is 5.48. The first-order valence-electron chi connectivity index (χ1n) is 11.1. The Hall–Kier alpha value is -3.74. The zero-order chi connectivity index (χ0) is 23.2. The molecule has 0 amide bonds. The molecule has 1 aromatic heterocycles. The first-order chi connectivity index (χ1) is 16.0. The van der Waals surface area contributed by atoms with Crippen LogP contribution in [-0.4, -0.2) is 16.5 Å². The SMILES string of the molecule is CCCCCCCOc1ccc(-c2ccc(-c3nc4cc([N+](=O)[O-])ccc4o3)cc2)cc1F. The lowest BCUT2D eigenvalue weighted by Crippen LogP contribution is -1.99. The summed E-state index contributed by atoms with van der Waals surface area (Å²) in [5, 5.41) is 11.0. The van der Waals surface area contributed by atoms with Crippen LogP contribution in [0.25, 0.3) is 33.7 Å². The van der Waals surface area contributed by atoms with E-state index in [-0.39, 0.29) is 17.3 Å². The number of aromatic nitrogens is 1. The average Bonchev–Trinajstić information content (AvgIpc) is 3.25. The summed E-state index contributed by atoms with van der Waals surface area (Å²) in [5.41, 5.74) is 3.16. The summed E-state index contributed by atoms with van der Waals surface area (Å²) < 4.78 is 25.8. The van der Waals surface area contributed by atoms with Crippen LogP contribution in [0.1, 0.15) is 39.0 Å². The highest BCUT2D eigenvalue weighted by Crippen LogP contribution is 2.30. The topological polar surface area (TPSA) is 78.4 Å². The van der Waals surface area contributed by atoms with Crippen molar-refractivity contribution in [3.63, 3.8) is 0 Å². The first-order valence-corrected chi connectivity index (χ1v) is 11.1. The number of nitrogens with zero attached hydrogens (tertiary/aromatic N) is 2. The van der Waals surface area contributed by atoms with E-state index in [1.165, 1.54) is 43.5 Å². The van der Waals surface area contributed by atoms with Crippen molar-refractivity contribution < 1.29 is 18.5 Å². The van der Waals surface area contributed by atoms with Crippen LogP contribution in [0.5, 0.6) is 5.75 Å². The molecule has 0 aliphatic rings. The Bertz CT molecular complexity index is 1250. The maximum absolute atomic E-state index is 14.5. The molecule has 33 heavy (non-hydrogen) atoms. The van der Waals surface area contributed by atoms with Gasteiger partial charge in [-0.25, -0.2) is 9.37 Å². The van der Waals surface area contributed by atoms with Gasteiger partial charge in [0.2, 0.25) is 5.89 Å². The molecule has 0 N–H and O–H groups in total. The molecule has 0 radical (unpaired) electrons. The number of hydrogen-bond donors (Lipinski definition) is 0. The Morgan fingerprint density at radius 1 is 0.939 bits per heavy atom. The van der Waals surface area contributed by atoms with Crippen molar-refractivity contribution in [2.24, 2.45) is 0 Å². The highest BCUT2D eigenvalue weighted by molar-refractivity contribution is 5.79. The molecule has 4 rings (SSSR count).